The zero-order valence-electron chi connectivity index (χ0n) is 14.2. The fourth-order valence-electron chi connectivity index (χ4n) is 2.90. The van der Waals surface area contributed by atoms with Crippen molar-refractivity contribution in [2.75, 3.05) is 25.3 Å². The number of hydrogen-bond acceptors (Lipinski definition) is 7. The third-order valence-corrected chi connectivity index (χ3v) is 4.29. The van der Waals surface area contributed by atoms with Crippen LogP contribution in [0, 0.1) is 0 Å². The molecule has 4 rings (SSSR count). The highest BCUT2D eigenvalue weighted by atomic mass is 16.7. The van der Waals surface area contributed by atoms with Crippen LogP contribution in [0.15, 0.2) is 30.5 Å². The normalized spacial score (nSPS) is 17.9. The third-order valence-electron chi connectivity index (χ3n) is 4.29. The van der Waals surface area contributed by atoms with Crippen LogP contribution in [0.2, 0.25) is 0 Å². The van der Waals surface area contributed by atoms with Crippen molar-refractivity contribution in [3.8, 4) is 11.5 Å². The molecule has 2 aliphatic heterocycles. The molecule has 1 atom stereocenters. The Morgan fingerprint density at radius 2 is 2.15 bits per heavy atom. The number of ether oxygens (including phenoxy) is 3. The first kappa shape index (κ1) is 16.6. The van der Waals surface area contributed by atoms with Crippen molar-refractivity contribution < 1.29 is 19.0 Å². The highest BCUT2D eigenvalue weighted by molar-refractivity contribution is 5.92. The maximum Gasteiger partial charge on any atom is 0.270 e. The minimum atomic E-state index is -0.259. The van der Waals surface area contributed by atoms with Gasteiger partial charge in [-0.1, -0.05) is 6.07 Å². The Hall–Kier alpha value is -2.87. The molecule has 0 aliphatic carbocycles. The monoisotopic (exact) mass is 356 g/mol. The lowest BCUT2D eigenvalue weighted by atomic mass is 10.2. The Kier molecular flexibility index (Phi) is 4.83. The average Bonchev–Trinajstić information content (AvgIpc) is 3.35. The standard InChI is InChI=1S/C18H20N4O4/c23-17(20-9-12-3-4-15-16(8-12)26-11-25-15)14-5-6-19-18(22-14)21-10-13-2-1-7-24-13/h3-6,8,13H,1-2,7,9-11H2,(H,20,23)(H,19,21,22). The number of nitrogens with one attached hydrogen (secondary N) is 2. The summed E-state index contributed by atoms with van der Waals surface area (Å²) in [4.78, 5) is 20.8. The molecule has 1 aromatic carbocycles. The molecular weight excluding hydrogens is 336 g/mol. The van der Waals surface area contributed by atoms with Gasteiger partial charge in [0.05, 0.1) is 6.10 Å². The van der Waals surface area contributed by atoms with Crippen molar-refractivity contribution >= 4 is 11.9 Å². The summed E-state index contributed by atoms with van der Waals surface area (Å²) in [5, 5.41) is 5.98. The number of carbonyl (C=O) groups is 1. The van der Waals surface area contributed by atoms with Gasteiger partial charge in [0.15, 0.2) is 11.5 Å². The highest BCUT2D eigenvalue weighted by Crippen LogP contribution is 2.32. The number of fused-ring (bicyclic) bond motifs is 1. The molecule has 2 aromatic rings. The van der Waals surface area contributed by atoms with Gasteiger partial charge in [0.2, 0.25) is 12.7 Å². The maximum absolute atomic E-state index is 12.4. The molecule has 1 fully saturated rings. The summed E-state index contributed by atoms with van der Waals surface area (Å²) >= 11 is 0. The highest BCUT2D eigenvalue weighted by Gasteiger charge is 2.16. The Labute approximate surface area is 150 Å². The fraction of sp³-hybridized carbons (Fsp3) is 0.389. The second-order valence-corrected chi connectivity index (χ2v) is 6.15. The van der Waals surface area contributed by atoms with Crippen LogP contribution >= 0.6 is 0 Å². The second-order valence-electron chi connectivity index (χ2n) is 6.15. The molecular formula is C18H20N4O4. The molecule has 1 amide bonds. The number of anilines is 1. The number of rotatable bonds is 6. The molecule has 1 aromatic heterocycles. The van der Waals surface area contributed by atoms with E-state index in [2.05, 4.69) is 20.6 Å². The number of nitrogens with zero attached hydrogens (tertiary/aromatic N) is 2. The van der Waals surface area contributed by atoms with Gasteiger partial charge in [-0.05, 0) is 36.6 Å². The summed E-state index contributed by atoms with van der Waals surface area (Å²) in [6, 6.07) is 7.17. The lowest BCUT2D eigenvalue weighted by Crippen LogP contribution is -2.25. The molecule has 0 spiro atoms. The summed E-state index contributed by atoms with van der Waals surface area (Å²) in [6.45, 7) is 2.05. The van der Waals surface area contributed by atoms with Crippen LogP contribution in [0.3, 0.4) is 0 Å². The molecule has 8 nitrogen and oxygen atoms in total. The Morgan fingerprint density at radius 1 is 1.23 bits per heavy atom. The first-order valence-electron chi connectivity index (χ1n) is 8.63. The van der Waals surface area contributed by atoms with Crippen LogP contribution in [0.5, 0.6) is 11.5 Å². The molecule has 0 saturated carbocycles. The third kappa shape index (κ3) is 3.85. The predicted octanol–water partition coefficient (Wildman–Crippen LogP) is 1.73. The lowest BCUT2D eigenvalue weighted by Gasteiger charge is -2.11. The van der Waals surface area contributed by atoms with Crippen molar-refractivity contribution in [3.05, 3.63) is 41.7 Å². The quantitative estimate of drug-likeness (QED) is 0.814. The van der Waals surface area contributed by atoms with Crippen molar-refractivity contribution in [1.82, 2.24) is 15.3 Å². The number of amides is 1. The van der Waals surface area contributed by atoms with E-state index in [0.717, 1.165) is 30.8 Å². The summed E-state index contributed by atoms with van der Waals surface area (Å²) in [6.07, 6.45) is 3.86. The molecule has 3 heterocycles. The molecule has 2 N–H and O–H groups in total. The summed E-state index contributed by atoms with van der Waals surface area (Å²) in [5.74, 6) is 1.58. The van der Waals surface area contributed by atoms with Crippen molar-refractivity contribution in [2.24, 2.45) is 0 Å². The Bertz CT molecular complexity index is 793. The molecule has 136 valence electrons. The van der Waals surface area contributed by atoms with E-state index in [9.17, 15) is 4.79 Å². The number of carbonyl (C=O) groups excluding carboxylic acids is 1. The number of benzene rings is 1. The van der Waals surface area contributed by atoms with Gasteiger partial charge in [-0.15, -0.1) is 0 Å². The van der Waals surface area contributed by atoms with Crippen LogP contribution in [-0.2, 0) is 11.3 Å². The van der Waals surface area contributed by atoms with Gasteiger partial charge in [-0.2, -0.15) is 0 Å². The van der Waals surface area contributed by atoms with Gasteiger partial charge in [-0.25, -0.2) is 9.97 Å². The van der Waals surface area contributed by atoms with Crippen molar-refractivity contribution in [2.45, 2.75) is 25.5 Å². The predicted molar refractivity (Wildman–Crippen MR) is 93.2 cm³/mol. The van der Waals surface area contributed by atoms with Crippen LogP contribution in [-0.4, -0.2) is 41.9 Å². The van der Waals surface area contributed by atoms with Gasteiger partial charge >= 0.3 is 0 Å². The molecule has 2 aliphatic rings. The average molecular weight is 356 g/mol. The molecule has 26 heavy (non-hydrogen) atoms. The zero-order chi connectivity index (χ0) is 17.8. The molecule has 8 heteroatoms. The van der Waals surface area contributed by atoms with E-state index >= 15 is 0 Å². The fourth-order valence-corrected chi connectivity index (χ4v) is 2.90. The summed E-state index contributed by atoms with van der Waals surface area (Å²) < 4.78 is 16.2. The van der Waals surface area contributed by atoms with Crippen LogP contribution in [0.1, 0.15) is 28.9 Å². The first-order valence-corrected chi connectivity index (χ1v) is 8.63. The van der Waals surface area contributed by atoms with Gasteiger partial charge in [0, 0.05) is 25.9 Å². The van der Waals surface area contributed by atoms with Gasteiger partial charge in [0.25, 0.3) is 5.91 Å². The topological polar surface area (TPSA) is 94.6 Å². The van der Waals surface area contributed by atoms with E-state index in [-0.39, 0.29) is 18.8 Å². The van der Waals surface area contributed by atoms with Crippen LogP contribution < -0.4 is 20.1 Å². The maximum atomic E-state index is 12.4. The van der Waals surface area contributed by atoms with E-state index in [0.29, 0.717) is 30.5 Å². The number of aromatic nitrogens is 2. The second kappa shape index (κ2) is 7.57. The Balaban J connectivity index is 1.33. The minimum absolute atomic E-state index is 0.182. The van der Waals surface area contributed by atoms with Crippen LogP contribution in [0.25, 0.3) is 0 Å². The first-order chi connectivity index (χ1) is 12.8. The number of hydrogen-bond donors (Lipinski definition) is 2. The van der Waals surface area contributed by atoms with Gasteiger partial charge in [0.1, 0.15) is 5.69 Å². The van der Waals surface area contributed by atoms with E-state index < -0.39 is 0 Å². The van der Waals surface area contributed by atoms with E-state index in [1.165, 1.54) is 0 Å². The smallest absolute Gasteiger partial charge is 0.270 e. The minimum Gasteiger partial charge on any atom is -0.454 e. The van der Waals surface area contributed by atoms with Crippen molar-refractivity contribution in [3.63, 3.8) is 0 Å². The Morgan fingerprint density at radius 3 is 3.04 bits per heavy atom. The summed E-state index contributed by atoms with van der Waals surface area (Å²) in [7, 11) is 0. The molecule has 0 bridgehead atoms. The van der Waals surface area contributed by atoms with Gasteiger partial charge in [-0.3, -0.25) is 4.79 Å². The van der Waals surface area contributed by atoms with Crippen molar-refractivity contribution in [1.29, 1.82) is 0 Å². The largest absolute Gasteiger partial charge is 0.454 e. The van der Waals surface area contributed by atoms with E-state index in [1.807, 2.05) is 18.2 Å². The summed E-state index contributed by atoms with van der Waals surface area (Å²) in [5.41, 5.74) is 1.24. The SMILES string of the molecule is O=C(NCc1ccc2c(c1)OCO2)c1ccnc(NCC2CCCO2)n1. The molecule has 0 radical (unpaired) electrons. The van der Waals surface area contributed by atoms with E-state index in [4.69, 9.17) is 14.2 Å². The molecule has 1 saturated heterocycles. The zero-order valence-corrected chi connectivity index (χ0v) is 14.2. The van der Waals surface area contributed by atoms with E-state index in [1.54, 1.807) is 12.3 Å². The van der Waals surface area contributed by atoms with Crippen LogP contribution in [0.4, 0.5) is 5.95 Å². The molecule has 1 unspecified atom stereocenters. The lowest BCUT2D eigenvalue weighted by molar-refractivity contribution is 0.0946. The van der Waals surface area contributed by atoms with Gasteiger partial charge < -0.3 is 24.8 Å².